The summed E-state index contributed by atoms with van der Waals surface area (Å²) in [5.41, 5.74) is 29.8. The fourth-order valence-corrected chi connectivity index (χ4v) is 14.6. The molecule has 12 aromatic rings. The Hall–Kier alpha value is -8.98. The molecule has 0 saturated carbocycles. The second-order valence-electron chi connectivity index (χ2n) is 20.3. The van der Waals surface area contributed by atoms with Gasteiger partial charge in [0.15, 0.2) is 0 Å². The van der Waals surface area contributed by atoms with E-state index in [0.29, 0.717) is 0 Å². The molecule has 0 N–H and O–H groups in total. The van der Waals surface area contributed by atoms with Crippen LogP contribution in [-0.4, -0.2) is 9.13 Å². The number of fused-ring (bicyclic) bond motifs is 20. The molecular formula is C70H46N2. The molecule has 0 atom stereocenters. The van der Waals surface area contributed by atoms with Crippen molar-refractivity contribution in [3.05, 3.63) is 287 Å². The van der Waals surface area contributed by atoms with Crippen LogP contribution < -0.4 is 0 Å². The molecule has 0 aliphatic heterocycles. The SMILES string of the molecule is Cn1c(-c2ccccc2)c(-c2ccccc2)c2cc3c(cc21)C1(C2=C3C3(c4cc5c(cc42)c(-c2ccccc2)c(-c2ccccc2)n5C)c2ccccc2-c2ccccc23)c2ccccc2-c2ccccc21. The van der Waals surface area contributed by atoms with Crippen molar-refractivity contribution >= 4 is 33.0 Å². The van der Waals surface area contributed by atoms with E-state index in [-0.39, 0.29) is 0 Å². The van der Waals surface area contributed by atoms with E-state index in [1.165, 1.54) is 144 Å². The normalized spacial score (nSPS) is 14.7. The molecule has 2 nitrogen and oxygen atoms in total. The van der Waals surface area contributed by atoms with Crippen LogP contribution in [0, 0.1) is 0 Å². The molecule has 0 bridgehead atoms. The van der Waals surface area contributed by atoms with Crippen molar-refractivity contribution < 1.29 is 0 Å². The van der Waals surface area contributed by atoms with Gasteiger partial charge in [0.1, 0.15) is 0 Å². The highest BCUT2D eigenvalue weighted by Crippen LogP contribution is 2.75. The molecule has 0 amide bonds. The summed E-state index contributed by atoms with van der Waals surface area (Å²) in [6.07, 6.45) is 0. The Morgan fingerprint density at radius 1 is 0.264 bits per heavy atom. The minimum absolute atomic E-state index is 0.640. The minimum atomic E-state index is -0.640. The van der Waals surface area contributed by atoms with E-state index >= 15 is 0 Å². The molecule has 72 heavy (non-hydrogen) atoms. The maximum Gasteiger partial charge on any atom is 0.0729 e. The van der Waals surface area contributed by atoms with Crippen molar-refractivity contribution in [2.45, 2.75) is 10.8 Å². The smallest absolute Gasteiger partial charge is 0.0729 e. The summed E-state index contributed by atoms with van der Waals surface area (Å²) in [6, 6.07) is 92.0. The highest BCUT2D eigenvalue weighted by atomic mass is 15.0. The van der Waals surface area contributed by atoms with Crippen LogP contribution in [0.2, 0.25) is 0 Å². The van der Waals surface area contributed by atoms with Gasteiger partial charge in [-0.25, -0.2) is 0 Å². The van der Waals surface area contributed by atoms with Crippen molar-refractivity contribution in [1.82, 2.24) is 9.13 Å². The lowest BCUT2D eigenvalue weighted by molar-refractivity contribution is 0.826. The van der Waals surface area contributed by atoms with Crippen LogP contribution in [-0.2, 0) is 24.9 Å². The summed E-state index contributed by atoms with van der Waals surface area (Å²) in [6.45, 7) is 0. The predicted octanol–water partition coefficient (Wildman–Crippen LogP) is 16.9. The lowest BCUT2D eigenvalue weighted by Gasteiger charge is -2.35. The zero-order valence-electron chi connectivity index (χ0n) is 40.0. The summed E-state index contributed by atoms with van der Waals surface area (Å²) in [5.74, 6) is 0. The van der Waals surface area contributed by atoms with E-state index in [0.717, 1.165) is 0 Å². The predicted molar refractivity (Wildman–Crippen MR) is 298 cm³/mol. The third-order valence-corrected chi connectivity index (χ3v) is 17.1. The Labute approximate surface area is 419 Å². The van der Waals surface area contributed by atoms with Crippen LogP contribution in [0.4, 0.5) is 0 Å². The van der Waals surface area contributed by atoms with Crippen LogP contribution in [0.1, 0.15) is 44.5 Å². The first kappa shape index (κ1) is 39.8. The zero-order chi connectivity index (χ0) is 47.5. The standard InChI is InChI=1S/C70H46N2/c1-71-61-41-59-51(39-53(61)63(43-23-7-3-8-24-43)67(71)45-27-11-5-12-28-45)65-66(69(59)55-35-19-15-31-47(55)48-32-16-20-36-56(48)69)52-40-54-62(72(2)68(46-29-13-6-14-30-46)64(54)44-25-9-4-10-26-44)42-60(52)70(65)57-37-21-17-33-49(57)50-34-18-22-38-58(50)70/h3-42H,1-2H3. The van der Waals surface area contributed by atoms with Crippen molar-refractivity contribution in [3.8, 4) is 67.0 Å². The van der Waals surface area contributed by atoms with Crippen LogP contribution in [0.3, 0.4) is 0 Å². The second-order valence-corrected chi connectivity index (χ2v) is 20.3. The fraction of sp³-hybridized carbons (Fsp3) is 0.0571. The number of allylic oxidation sites excluding steroid dienone is 2. The highest BCUT2D eigenvalue weighted by molar-refractivity contribution is 6.23. The molecule has 336 valence electrons. The molecular weight excluding hydrogens is 869 g/mol. The maximum atomic E-state index is 2.63. The first-order valence-corrected chi connectivity index (χ1v) is 25.3. The Kier molecular flexibility index (Phi) is 7.92. The molecule has 16 rings (SSSR count). The van der Waals surface area contributed by atoms with Gasteiger partial charge in [-0.05, 0) is 124 Å². The molecule has 10 aromatic carbocycles. The maximum absolute atomic E-state index is 2.63. The number of aryl methyl sites for hydroxylation is 2. The Morgan fingerprint density at radius 2 is 0.542 bits per heavy atom. The number of nitrogens with zero attached hydrogens (tertiary/aromatic N) is 2. The molecule has 4 aliphatic carbocycles. The summed E-state index contributed by atoms with van der Waals surface area (Å²) < 4.78 is 4.96. The van der Waals surface area contributed by atoms with Gasteiger partial charge in [0.2, 0.25) is 0 Å². The van der Waals surface area contributed by atoms with E-state index < -0.39 is 10.8 Å². The molecule has 2 heterocycles. The van der Waals surface area contributed by atoms with Gasteiger partial charge < -0.3 is 9.13 Å². The van der Waals surface area contributed by atoms with Gasteiger partial charge in [-0.1, -0.05) is 218 Å². The van der Waals surface area contributed by atoms with Gasteiger partial charge >= 0.3 is 0 Å². The van der Waals surface area contributed by atoms with E-state index in [4.69, 9.17) is 0 Å². The van der Waals surface area contributed by atoms with E-state index in [1.54, 1.807) is 0 Å². The van der Waals surface area contributed by atoms with E-state index in [9.17, 15) is 0 Å². The first-order chi connectivity index (χ1) is 35.6. The lowest BCUT2D eigenvalue weighted by Crippen LogP contribution is -2.28. The topological polar surface area (TPSA) is 9.86 Å². The van der Waals surface area contributed by atoms with Crippen LogP contribution in [0.5, 0.6) is 0 Å². The van der Waals surface area contributed by atoms with Gasteiger partial charge in [0, 0.05) is 47.0 Å². The zero-order valence-corrected chi connectivity index (χ0v) is 40.0. The van der Waals surface area contributed by atoms with E-state index in [2.05, 4.69) is 266 Å². The molecule has 2 spiro atoms. The quantitative estimate of drug-likeness (QED) is 0.166. The number of aromatic nitrogens is 2. The van der Waals surface area contributed by atoms with Gasteiger partial charge in [-0.3, -0.25) is 0 Å². The van der Waals surface area contributed by atoms with Crippen molar-refractivity contribution in [2.24, 2.45) is 14.1 Å². The van der Waals surface area contributed by atoms with Crippen molar-refractivity contribution in [3.63, 3.8) is 0 Å². The fourth-order valence-electron chi connectivity index (χ4n) is 14.6. The van der Waals surface area contributed by atoms with Crippen molar-refractivity contribution in [1.29, 1.82) is 0 Å². The average Bonchev–Trinajstić information content (AvgIpc) is 4.26. The average molecular weight is 915 g/mol. The molecule has 0 unspecified atom stereocenters. The number of hydrogen-bond donors (Lipinski definition) is 0. The van der Waals surface area contributed by atoms with Crippen LogP contribution in [0.25, 0.3) is 100.0 Å². The Balaban J connectivity index is 1.14. The lowest BCUT2D eigenvalue weighted by atomic mass is 9.66. The highest BCUT2D eigenvalue weighted by Gasteiger charge is 2.64. The number of hydrogen-bond acceptors (Lipinski definition) is 0. The Bertz CT molecular complexity index is 3950. The molecule has 2 heteroatoms. The van der Waals surface area contributed by atoms with Crippen molar-refractivity contribution in [2.75, 3.05) is 0 Å². The largest absolute Gasteiger partial charge is 0.343 e. The molecule has 2 aromatic heterocycles. The van der Waals surface area contributed by atoms with Crippen LogP contribution in [0.15, 0.2) is 243 Å². The summed E-state index contributed by atoms with van der Waals surface area (Å²) in [5, 5.41) is 2.53. The Morgan fingerprint density at radius 3 is 0.861 bits per heavy atom. The summed E-state index contributed by atoms with van der Waals surface area (Å²) in [7, 11) is 4.56. The van der Waals surface area contributed by atoms with Gasteiger partial charge in [0.25, 0.3) is 0 Å². The molecule has 0 radical (unpaired) electrons. The first-order valence-electron chi connectivity index (χ1n) is 25.3. The third-order valence-electron chi connectivity index (χ3n) is 17.1. The minimum Gasteiger partial charge on any atom is -0.343 e. The van der Waals surface area contributed by atoms with E-state index in [1.807, 2.05) is 0 Å². The number of benzene rings is 10. The molecule has 0 saturated heterocycles. The second kappa shape index (κ2) is 14.3. The molecule has 0 fully saturated rings. The number of rotatable bonds is 4. The molecule has 4 aliphatic rings. The third kappa shape index (κ3) is 4.75. The monoisotopic (exact) mass is 914 g/mol. The van der Waals surface area contributed by atoms with Crippen LogP contribution >= 0.6 is 0 Å². The van der Waals surface area contributed by atoms with Gasteiger partial charge in [-0.15, -0.1) is 0 Å². The summed E-state index contributed by atoms with van der Waals surface area (Å²) in [4.78, 5) is 0. The van der Waals surface area contributed by atoms with Gasteiger partial charge in [-0.2, -0.15) is 0 Å². The van der Waals surface area contributed by atoms with Gasteiger partial charge in [0.05, 0.1) is 22.2 Å². The summed E-state index contributed by atoms with van der Waals surface area (Å²) >= 11 is 0.